The zero-order valence-electron chi connectivity index (χ0n) is 8.41. The summed E-state index contributed by atoms with van der Waals surface area (Å²) in [7, 11) is 0. The maximum absolute atomic E-state index is 10.4. The third-order valence-corrected chi connectivity index (χ3v) is 2.39. The molecule has 0 unspecified atom stereocenters. The smallest absolute Gasteiger partial charge is 0.211 e. The second-order valence-corrected chi connectivity index (χ2v) is 3.47. The molecule has 1 aromatic carbocycles. The summed E-state index contributed by atoms with van der Waals surface area (Å²) in [6, 6.07) is 3.47. The SMILES string of the molecule is C/C(=N\O)c1c(Cl)ccc(C)c1NC=O. The van der Waals surface area contributed by atoms with Gasteiger partial charge in [0, 0.05) is 5.56 Å². The summed E-state index contributed by atoms with van der Waals surface area (Å²) >= 11 is 5.96. The van der Waals surface area contributed by atoms with Gasteiger partial charge in [0.15, 0.2) is 0 Å². The Morgan fingerprint density at radius 1 is 1.60 bits per heavy atom. The van der Waals surface area contributed by atoms with Crippen molar-refractivity contribution in [1.82, 2.24) is 0 Å². The number of hydrogen-bond acceptors (Lipinski definition) is 3. The van der Waals surface area contributed by atoms with Crippen LogP contribution in [-0.4, -0.2) is 17.3 Å². The maximum Gasteiger partial charge on any atom is 0.211 e. The van der Waals surface area contributed by atoms with Gasteiger partial charge in [-0.15, -0.1) is 0 Å². The van der Waals surface area contributed by atoms with E-state index in [9.17, 15) is 4.79 Å². The molecule has 1 amide bonds. The largest absolute Gasteiger partial charge is 0.411 e. The van der Waals surface area contributed by atoms with Crippen LogP contribution in [0.1, 0.15) is 18.1 Å². The zero-order valence-corrected chi connectivity index (χ0v) is 9.17. The maximum atomic E-state index is 10.4. The van der Waals surface area contributed by atoms with Gasteiger partial charge in [-0.25, -0.2) is 0 Å². The van der Waals surface area contributed by atoms with Gasteiger partial charge in [0.05, 0.1) is 16.4 Å². The van der Waals surface area contributed by atoms with E-state index in [1.165, 1.54) is 0 Å². The topological polar surface area (TPSA) is 61.7 Å². The fraction of sp³-hybridized carbons (Fsp3) is 0.200. The Bertz CT molecular complexity index is 416. The molecule has 0 saturated heterocycles. The highest BCUT2D eigenvalue weighted by atomic mass is 35.5. The number of halogens is 1. The van der Waals surface area contributed by atoms with Gasteiger partial charge in [-0.2, -0.15) is 0 Å². The second-order valence-electron chi connectivity index (χ2n) is 3.06. The molecule has 0 heterocycles. The van der Waals surface area contributed by atoms with E-state index in [1.54, 1.807) is 19.1 Å². The molecule has 0 saturated carbocycles. The van der Waals surface area contributed by atoms with Crippen LogP contribution in [0, 0.1) is 6.92 Å². The van der Waals surface area contributed by atoms with Crippen molar-refractivity contribution in [3.8, 4) is 0 Å². The molecule has 0 bridgehead atoms. The molecular formula is C10H11ClN2O2. The quantitative estimate of drug-likeness (QED) is 0.360. The van der Waals surface area contributed by atoms with Gasteiger partial charge in [0.1, 0.15) is 0 Å². The highest BCUT2D eigenvalue weighted by Gasteiger charge is 2.12. The Kier molecular flexibility index (Phi) is 3.68. The van der Waals surface area contributed by atoms with Crippen LogP contribution in [0.3, 0.4) is 0 Å². The summed E-state index contributed by atoms with van der Waals surface area (Å²) < 4.78 is 0. The molecule has 1 rings (SSSR count). The van der Waals surface area contributed by atoms with Gasteiger partial charge < -0.3 is 10.5 Å². The van der Waals surface area contributed by atoms with E-state index in [2.05, 4.69) is 10.5 Å². The predicted octanol–water partition coefficient (Wildman–Crippen LogP) is 2.41. The second kappa shape index (κ2) is 4.79. The standard InChI is InChI=1S/C10H11ClN2O2/c1-6-3-4-8(11)9(7(2)13-15)10(6)12-5-14/h3-5,15H,1-2H3,(H,12,14)/b13-7+. The van der Waals surface area contributed by atoms with Crippen molar-refractivity contribution >= 4 is 29.4 Å². The van der Waals surface area contributed by atoms with Crippen molar-refractivity contribution in [2.75, 3.05) is 5.32 Å². The van der Waals surface area contributed by atoms with Crippen LogP contribution >= 0.6 is 11.6 Å². The van der Waals surface area contributed by atoms with Crippen molar-refractivity contribution in [2.45, 2.75) is 13.8 Å². The van der Waals surface area contributed by atoms with Crippen molar-refractivity contribution in [3.63, 3.8) is 0 Å². The fourth-order valence-electron chi connectivity index (χ4n) is 1.33. The number of amides is 1. The molecule has 80 valence electrons. The van der Waals surface area contributed by atoms with Crippen LogP contribution in [-0.2, 0) is 4.79 Å². The molecule has 0 radical (unpaired) electrons. The average molecular weight is 227 g/mol. The van der Waals surface area contributed by atoms with E-state index in [0.717, 1.165) is 5.56 Å². The van der Waals surface area contributed by atoms with Crippen molar-refractivity contribution in [3.05, 3.63) is 28.3 Å². The number of hydrogen-bond donors (Lipinski definition) is 2. The number of carbonyl (C=O) groups is 1. The Labute approximate surface area is 92.5 Å². The Balaban J connectivity index is 3.44. The lowest BCUT2D eigenvalue weighted by atomic mass is 10.0. The van der Waals surface area contributed by atoms with Crippen LogP contribution < -0.4 is 5.32 Å². The van der Waals surface area contributed by atoms with E-state index in [4.69, 9.17) is 16.8 Å². The first-order chi connectivity index (χ1) is 7.11. The average Bonchev–Trinajstić information content (AvgIpc) is 2.23. The molecule has 4 nitrogen and oxygen atoms in total. The Hall–Kier alpha value is -1.55. The third kappa shape index (κ3) is 2.27. The van der Waals surface area contributed by atoms with E-state index in [1.807, 2.05) is 6.92 Å². The van der Waals surface area contributed by atoms with Crippen molar-refractivity contribution < 1.29 is 10.0 Å². The van der Waals surface area contributed by atoms with Crippen LogP contribution in [0.4, 0.5) is 5.69 Å². The normalized spacial score (nSPS) is 11.3. The number of oxime groups is 1. The summed E-state index contributed by atoms with van der Waals surface area (Å²) in [5.74, 6) is 0. The van der Waals surface area contributed by atoms with E-state index < -0.39 is 0 Å². The van der Waals surface area contributed by atoms with Crippen LogP contribution in [0.2, 0.25) is 5.02 Å². The van der Waals surface area contributed by atoms with Crippen molar-refractivity contribution in [2.24, 2.45) is 5.16 Å². The number of carbonyl (C=O) groups excluding carboxylic acids is 1. The number of nitrogens with zero attached hydrogens (tertiary/aromatic N) is 1. The van der Waals surface area contributed by atoms with Gasteiger partial charge in [0.2, 0.25) is 6.41 Å². The fourth-order valence-corrected chi connectivity index (χ4v) is 1.62. The van der Waals surface area contributed by atoms with Gasteiger partial charge in [-0.3, -0.25) is 4.79 Å². The molecule has 0 aliphatic carbocycles. The first-order valence-corrected chi connectivity index (χ1v) is 4.68. The summed E-state index contributed by atoms with van der Waals surface area (Å²) in [4.78, 5) is 10.4. The first kappa shape index (κ1) is 11.5. The molecular weight excluding hydrogens is 216 g/mol. The number of benzene rings is 1. The van der Waals surface area contributed by atoms with Gasteiger partial charge in [-0.05, 0) is 25.5 Å². The molecule has 15 heavy (non-hydrogen) atoms. The van der Waals surface area contributed by atoms with E-state index >= 15 is 0 Å². The molecule has 0 fully saturated rings. The molecule has 0 atom stereocenters. The minimum Gasteiger partial charge on any atom is -0.411 e. The predicted molar refractivity (Wildman–Crippen MR) is 59.9 cm³/mol. The summed E-state index contributed by atoms with van der Waals surface area (Å²) in [6.07, 6.45) is 0.562. The lowest BCUT2D eigenvalue weighted by molar-refractivity contribution is -0.105. The monoisotopic (exact) mass is 226 g/mol. The first-order valence-electron chi connectivity index (χ1n) is 4.30. The van der Waals surface area contributed by atoms with Crippen LogP contribution in [0.5, 0.6) is 0 Å². The molecule has 5 heteroatoms. The summed E-state index contributed by atoms with van der Waals surface area (Å²) in [5, 5.41) is 14.8. The third-order valence-electron chi connectivity index (χ3n) is 2.08. The van der Waals surface area contributed by atoms with Crippen LogP contribution in [0.15, 0.2) is 17.3 Å². The molecule has 2 N–H and O–H groups in total. The number of nitrogens with one attached hydrogen (secondary N) is 1. The highest BCUT2D eigenvalue weighted by Crippen LogP contribution is 2.28. The van der Waals surface area contributed by atoms with Gasteiger partial charge in [0.25, 0.3) is 0 Å². The Morgan fingerprint density at radius 2 is 2.27 bits per heavy atom. The van der Waals surface area contributed by atoms with Gasteiger partial charge >= 0.3 is 0 Å². The minimum atomic E-state index is 0.355. The van der Waals surface area contributed by atoms with E-state index in [0.29, 0.717) is 28.4 Å². The molecule has 1 aromatic rings. The van der Waals surface area contributed by atoms with E-state index in [-0.39, 0.29) is 0 Å². The minimum absolute atomic E-state index is 0.355. The lowest BCUT2D eigenvalue weighted by Crippen LogP contribution is -2.06. The molecule has 0 spiro atoms. The molecule has 0 aromatic heterocycles. The Morgan fingerprint density at radius 3 is 2.80 bits per heavy atom. The van der Waals surface area contributed by atoms with Crippen LogP contribution in [0.25, 0.3) is 0 Å². The van der Waals surface area contributed by atoms with Crippen molar-refractivity contribution in [1.29, 1.82) is 0 Å². The zero-order chi connectivity index (χ0) is 11.4. The number of aryl methyl sites for hydroxylation is 1. The molecule has 0 aliphatic rings. The summed E-state index contributed by atoms with van der Waals surface area (Å²) in [6.45, 7) is 3.44. The highest BCUT2D eigenvalue weighted by molar-refractivity contribution is 6.35. The number of anilines is 1. The number of rotatable bonds is 3. The van der Waals surface area contributed by atoms with Gasteiger partial charge in [-0.1, -0.05) is 22.8 Å². The molecule has 0 aliphatic heterocycles. The summed E-state index contributed by atoms with van der Waals surface area (Å²) in [5.41, 5.74) is 2.30. The lowest BCUT2D eigenvalue weighted by Gasteiger charge is -2.12.